The van der Waals surface area contributed by atoms with E-state index in [9.17, 15) is 22.4 Å². The molecule has 0 fully saturated rings. The molecule has 1 N–H and O–H groups in total. The molecule has 0 aromatic heterocycles. The molecule has 0 aliphatic heterocycles. The van der Waals surface area contributed by atoms with Crippen molar-refractivity contribution in [3.63, 3.8) is 0 Å². The highest BCUT2D eigenvalue weighted by Gasteiger charge is 2.29. The molecule has 0 radical (unpaired) electrons. The van der Waals surface area contributed by atoms with Crippen molar-refractivity contribution in [3.8, 4) is 0 Å². The number of carbonyl (C=O) groups is 2. The maximum atomic E-state index is 13.5. The molecule has 0 spiro atoms. The van der Waals surface area contributed by atoms with Crippen molar-refractivity contribution >= 4 is 33.4 Å². The number of hydrogen-bond acceptors (Lipinski definition) is 4. The Hall–Kier alpha value is -3.27. The second-order valence-electron chi connectivity index (χ2n) is 8.69. The zero-order chi connectivity index (χ0) is 27.0. The summed E-state index contributed by atoms with van der Waals surface area (Å²) in [6.07, 6.45) is 1.04. The number of halogens is 2. The van der Waals surface area contributed by atoms with Gasteiger partial charge in [0.2, 0.25) is 21.8 Å². The number of benzene rings is 3. The zero-order valence-corrected chi connectivity index (χ0v) is 22.2. The Morgan fingerprint density at radius 2 is 1.46 bits per heavy atom. The summed E-state index contributed by atoms with van der Waals surface area (Å²) >= 11 is 5.91. The number of nitrogens with zero attached hydrogens (tertiary/aromatic N) is 2. The van der Waals surface area contributed by atoms with Gasteiger partial charge in [-0.15, -0.1) is 0 Å². The molecule has 0 saturated carbocycles. The molecule has 3 aromatic rings. The SMILES string of the molecule is C[C@@H](C(=O)NCc1ccc(Cl)cc1)N(Cc1ccc(F)cc1)C(=O)CN(Cc1ccccc1)S(C)(=O)=O. The minimum atomic E-state index is -3.74. The molecule has 2 amide bonds. The fourth-order valence-corrected chi connectivity index (χ4v) is 4.48. The summed E-state index contributed by atoms with van der Waals surface area (Å²) in [6, 6.07) is 20.5. The topological polar surface area (TPSA) is 86.8 Å². The van der Waals surface area contributed by atoms with Gasteiger partial charge in [-0.25, -0.2) is 12.8 Å². The molecule has 0 heterocycles. The quantitative estimate of drug-likeness (QED) is 0.395. The van der Waals surface area contributed by atoms with Gasteiger partial charge in [-0.2, -0.15) is 4.31 Å². The van der Waals surface area contributed by atoms with Crippen molar-refractivity contribution in [2.45, 2.75) is 32.6 Å². The smallest absolute Gasteiger partial charge is 0.242 e. The lowest BCUT2D eigenvalue weighted by Crippen LogP contribution is -2.50. The molecule has 10 heteroatoms. The molecule has 0 aliphatic rings. The van der Waals surface area contributed by atoms with Crippen molar-refractivity contribution in [1.29, 1.82) is 0 Å². The number of amides is 2. The predicted octanol–water partition coefficient (Wildman–Crippen LogP) is 3.97. The van der Waals surface area contributed by atoms with E-state index in [2.05, 4.69) is 5.32 Å². The first kappa shape index (κ1) is 28.3. The van der Waals surface area contributed by atoms with E-state index >= 15 is 0 Å². The Bertz CT molecular complexity index is 1300. The standard InChI is InChI=1S/C27H29ClFN3O4S/c1-20(27(34)30-16-21-8-12-24(28)13-9-21)32(18-23-10-14-25(29)15-11-23)26(33)19-31(37(2,35)36)17-22-6-4-3-5-7-22/h3-15,20H,16-19H2,1-2H3,(H,30,34)/t20-/m0/s1. The van der Waals surface area contributed by atoms with Crippen molar-refractivity contribution < 1.29 is 22.4 Å². The molecule has 0 aliphatic carbocycles. The molecule has 1 atom stereocenters. The highest BCUT2D eigenvalue weighted by atomic mass is 35.5. The minimum Gasteiger partial charge on any atom is -0.350 e. The van der Waals surface area contributed by atoms with Gasteiger partial charge in [-0.3, -0.25) is 9.59 Å². The van der Waals surface area contributed by atoms with E-state index in [1.165, 1.54) is 29.2 Å². The predicted molar refractivity (Wildman–Crippen MR) is 141 cm³/mol. The third-order valence-electron chi connectivity index (χ3n) is 5.80. The van der Waals surface area contributed by atoms with Crippen LogP contribution in [0.1, 0.15) is 23.6 Å². The van der Waals surface area contributed by atoms with Crippen molar-refractivity contribution in [2.24, 2.45) is 0 Å². The summed E-state index contributed by atoms with van der Waals surface area (Å²) in [6.45, 7) is 1.34. The summed E-state index contributed by atoms with van der Waals surface area (Å²) < 4.78 is 39.5. The maximum absolute atomic E-state index is 13.5. The fourth-order valence-electron chi connectivity index (χ4n) is 3.63. The van der Waals surface area contributed by atoms with Crippen LogP contribution in [-0.2, 0) is 39.2 Å². The van der Waals surface area contributed by atoms with Gasteiger partial charge in [0.15, 0.2) is 0 Å². The van der Waals surface area contributed by atoms with Crippen LogP contribution in [0.25, 0.3) is 0 Å². The molecule has 3 rings (SSSR count). The molecule has 0 unspecified atom stereocenters. The Balaban J connectivity index is 1.80. The summed E-state index contributed by atoms with van der Waals surface area (Å²) in [5.74, 6) is -1.40. The summed E-state index contributed by atoms with van der Waals surface area (Å²) in [7, 11) is -3.74. The lowest BCUT2D eigenvalue weighted by Gasteiger charge is -2.31. The van der Waals surface area contributed by atoms with Crippen LogP contribution in [0.2, 0.25) is 5.02 Å². The van der Waals surface area contributed by atoms with E-state index < -0.39 is 40.2 Å². The molecular weight excluding hydrogens is 517 g/mol. The molecule has 3 aromatic carbocycles. The zero-order valence-electron chi connectivity index (χ0n) is 20.6. The Labute approximate surface area is 221 Å². The average Bonchev–Trinajstić information content (AvgIpc) is 2.87. The van der Waals surface area contributed by atoms with Crippen LogP contribution in [0, 0.1) is 5.82 Å². The lowest BCUT2D eigenvalue weighted by molar-refractivity contribution is -0.140. The van der Waals surface area contributed by atoms with Gasteiger partial charge in [-0.1, -0.05) is 66.2 Å². The molecule has 37 heavy (non-hydrogen) atoms. The number of carbonyl (C=O) groups excluding carboxylic acids is 2. The third-order valence-corrected chi connectivity index (χ3v) is 7.24. The lowest BCUT2D eigenvalue weighted by atomic mass is 10.1. The van der Waals surface area contributed by atoms with Gasteiger partial charge >= 0.3 is 0 Å². The normalized spacial score (nSPS) is 12.2. The minimum absolute atomic E-state index is 0.00240. The summed E-state index contributed by atoms with van der Waals surface area (Å²) in [5.41, 5.74) is 2.15. The van der Waals surface area contributed by atoms with E-state index in [0.717, 1.165) is 21.7 Å². The van der Waals surface area contributed by atoms with Crippen molar-refractivity contribution in [2.75, 3.05) is 12.8 Å². The second-order valence-corrected chi connectivity index (χ2v) is 11.1. The van der Waals surface area contributed by atoms with Crippen LogP contribution < -0.4 is 5.32 Å². The van der Waals surface area contributed by atoms with E-state index in [1.54, 1.807) is 55.5 Å². The summed E-state index contributed by atoms with van der Waals surface area (Å²) in [4.78, 5) is 27.8. The van der Waals surface area contributed by atoms with Crippen LogP contribution in [0.5, 0.6) is 0 Å². The molecule has 7 nitrogen and oxygen atoms in total. The largest absolute Gasteiger partial charge is 0.350 e. The van der Waals surface area contributed by atoms with Gasteiger partial charge in [0.1, 0.15) is 11.9 Å². The second kappa shape index (κ2) is 12.8. The number of rotatable bonds is 11. The van der Waals surface area contributed by atoms with Crippen LogP contribution in [0.3, 0.4) is 0 Å². The summed E-state index contributed by atoms with van der Waals surface area (Å²) in [5, 5.41) is 3.38. The van der Waals surface area contributed by atoms with Crippen LogP contribution in [0.15, 0.2) is 78.9 Å². The Morgan fingerprint density at radius 3 is 2.05 bits per heavy atom. The van der Waals surface area contributed by atoms with Crippen LogP contribution in [0.4, 0.5) is 4.39 Å². The average molecular weight is 546 g/mol. The Kier molecular flexibility index (Phi) is 9.79. The van der Waals surface area contributed by atoms with E-state index in [0.29, 0.717) is 10.6 Å². The molecule has 196 valence electrons. The third kappa shape index (κ3) is 8.66. The highest BCUT2D eigenvalue weighted by molar-refractivity contribution is 7.88. The monoisotopic (exact) mass is 545 g/mol. The first-order chi connectivity index (χ1) is 17.5. The molecule has 0 saturated heterocycles. The first-order valence-corrected chi connectivity index (χ1v) is 13.8. The van der Waals surface area contributed by atoms with E-state index in [1.807, 2.05) is 6.07 Å². The van der Waals surface area contributed by atoms with Crippen molar-refractivity contribution in [3.05, 3.63) is 106 Å². The van der Waals surface area contributed by atoms with Crippen LogP contribution >= 0.6 is 11.6 Å². The number of hydrogen-bond donors (Lipinski definition) is 1. The molecular formula is C27H29ClFN3O4S. The first-order valence-electron chi connectivity index (χ1n) is 11.6. The number of sulfonamides is 1. The highest BCUT2D eigenvalue weighted by Crippen LogP contribution is 2.15. The van der Waals surface area contributed by atoms with Gasteiger partial charge in [0.25, 0.3) is 0 Å². The van der Waals surface area contributed by atoms with Gasteiger partial charge in [-0.05, 0) is 47.9 Å². The number of nitrogens with one attached hydrogen (secondary N) is 1. The Morgan fingerprint density at radius 1 is 0.892 bits per heavy atom. The van der Waals surface area contributed by atoms with E-state index in [4.69, 9.17) is 11.6 Å². The van der Waals surface area contributed by atoms with Gasteiger partial charge in [0.05, 0.1) is 12.8 Å². The molecule has 0 bridgehead atoms. The fraction of sp³-hybridized carbons (Fsp3) is 0.259. The van der Waals surface area contributed by atoms with Gasteiger partial charge in [0, 0.05) is 24.7 Å². The van der Waals surface area contributed by atoms with Gasteiger partial charge < -0.3 is 10.2 Å². The van der Waals surface area contributed by atoms with Crippen molar-refractivity contribution in [1.82, 2.24) is 14.5 Å². The van der Waals surface area contributed by atoms with E-state index in [-0.39, 0.29) is 19.6 Å². The maximum Gasteiger partial charge on any atom is 0.242 e. The van der Waals surface area contributed by atoms with Crippen LogP contribution in [-0.4, -0.2) is 48.3 Å².